The Hall–Kier alpha value is -2.26. The molecule has 0 radical (unpaired) electrons. The molecule has 0 aliphatic rings. The van der Waals surface area contributed by atoms with E-state index in [0.29, 0.717) is 6.41 Å². The molecular weight excluding hydrogens is 296 g/mol. The number of nitriles is 2. The summed E-state index contributed by atoms with van der Waals surface area (Å²) in [6.07, 6.45) is 0.645. The van der Waals surface area contributed by atoms with Crippen LogP contribution in [0.3, 0.4) is 0 Å². The molecule has 2 N–H and O–H groups in total. The number of hydrogen-bond acceptors (Lipinski definition) is 6. The molecule has 0 heterocycles. The van der Waals surface area contributed by atoms with Gasteiger partial charge in [-0.1, -0.05) is 0 Å². The highest BCUT2D eigenvalue weighted by atomic mass is 32.2. The number of thioether (sulfide) groups is 1. The lowest BCUT2D eigenvalue weighted by atomic mass is 10.3. The standard InChI is InChI=1S/C12H16N4O4S/c13-3-1-5-16(6-2-4-14)11(18)8-21-7-10(12(19)20)15-9-17/h9-10H,1-2,5-8H2,(H,15,17)(H,19,20). The first-order valence-electron chi connectivity index (χ1n) is 6.08. The minimum atomic E-state index is -1.17. The van der Waals surface area contributed by atoms with Crippen LogP contribution in [0.1, 0.15) is 12.8 Å². The Morgan fingerprint density at radius 1 is 1.29 bits per heavy atom. The highest BCUT2D eigenvalue weighted by molar-refractivity contribution is 8.00. The SMILES string of the molecule is N#CCCN(CCC#N)C(=O)CSCC(NC=O)C(=O)O. The van der Waals surface area contributed by atoms with Crippen LogP contribution in [0.4, 0.5) is 0 Å². The zero-order chi connectivity index (χ0) is 16.1. The lowest BCUT2D eigenvalue weighted by molar-refractivity contribution is -0.139. The van der Waals surface area contributed by atoms with Crippen molar-refractivity contribution in [3.8, 4) is 12.1 Å². The molecule has 0 saturated carbocycles. The molecule has 0 fully saturated rings. The van der Waals surface area contributed by atoms with Crippen molar-refractivity contribution in [3.05, 3.63) is 0 Å². The van der Waals surface area contributed by atoms with Crippen molar-refractivity contribution in [2.75, 3.05) is 24.6 Å². The highest BCUT2D eigenvalue weighted by Crippen LogP contribution is 2.06. The Morgan fingerprint density at radius 3 is 2.29 bits per heavy atom. The Kier molecular flexibility index (Phi) is 10.3. The van der Waals surface area contributed by atoms with E-state index < -0.39 is 12.0 Å². The average Bonchev–Trinajstić information content (AvgIpc) is 2.46. The van der Waals surface area contributed by atoms with Gasteiger partial charge in [-0.25, -0.2) is 4.79 Å². The van der Waals surface area contributed by atoms with Gasteiger partial charge in [-0.15, -0.1) is 11.8 Å². The number of nitrogens with one attached hydrogen (secondary N) is 1. The first-order valence-corrected chi connectivity index (χ1v) is 7.24. The van der Waals surface area contributed by atoms with Gasteiger partial charge in [0.1, 0.15) is 6.04 Å². The van der Waals surface area contributed by atoms with Gasteiger partial charge >= 0.3 is 5.97 Å². The number of carboxylic acid groups (broad SMARTS) is 1. The van der Waals surface area contributed by atoms with E-state index in [1.54, 1.807) is 0 Å². The topological polar surface area (TPSA) is 134 Å². The molecular formula is C12H16N4O4S. The van der Waals surface area contributed by atoms with E-state index in [-0.39, 0.29) is 43.3 Å². The molecule has 8 nitrogen and oxygen atoms in total. The zero-order valence-electron chi connectivity index (χ0n) is 11.3. The third-order valence-electron chi connectivity index (χ3n) is 2.42. The summed E-state index contributed by atoms with van der Waals surface area (Å²) in [5, 5.41) is 28.0. The average molecular weight is 312 g/mol. The summed E-state index contributed by atoms with van der Waals surface area (Å²) in [4.78, 5) is 34.3. The molecule has 21 heavy (non-hydrogen) atoms. The second-order valence-corrected chi connectivity index (χ2v) is 4.92. The van der Waals surface area contributed by atoms with E-state index in [1.807, 2.05) is 12.1 Å². The molecule has 0 aromatic rings. The van der Waals surface area contributed by atoms with Crippen molar-refractivity contribution in [3.63, 3.8) is 0 Å². The number of hydrogen-bond donors (Lipinski definition) is 2. The van der Waals surface area contributed by atoms with E-state index in [2.05, 4.69) is 5.32 Å². The predicted molar refractivity (Wildman–Crippen MR) is 75.0 cm³/mol. The fourth-order valence-electron chi connectivity index (χ4n) is 1.36. The summed E-state index contributed by atoms with van der Waals surface area (Å²) in [5.41, 5.74) is 0. The van der Waals surface area contributed by atoms with E-state index in [9.17, 15) is 14.4 Å². The summed E-state index contributed by atoms with van der Waals surface area (Å²) in [6.45, 7) is 0.485. The number of carbonyl (C=O) groups excluding carboxylic acids is 2. The Labute approximate surface area is 126 Å². The van der Waals surface area contributed by atoms with Crippen LogP contribution < -0.4 is 5.32 Å². The van der Waals surface area contributed by atoms with E-state index in [0.717, 1.165) is 11.8 Å². The van der Waals surface area contributed by atoms with Crippen LogP contribution in [-0.2, 0) is 14.4 Å². The molecule has 114 valence electrons. The van der Waals surface area contributed by atoms with Crippen molar-refractivity contribution in [2.24, 2.45) is 0 Å². The van der Waals surface area contributed by atoms with Crippen molar-refractivity contribution >= 4 is 30.0 Å². The van der Waals surface area contributed by atoms with Crippen LogP contribution in [0.5, 0.6) is 0 Å². The minimum absolute atomic E-state index is 0.0289. The van der Waals surface area contributed by atoms with Crippen molar-refractivity contribution in [2.45, 2.75) is 18.9 Å². The maximum atomic E-state index is 11.9. The number of amides is 2. The zero-order valence-corrected chi connectivity index (χ0v) is 12.1. The van der Waals surface area contributed by atoms with E-state index >= 15 is 0 Å². The molecule has 1 atom stereocenters. The molecule has 0 aliphatic heterocycles. The first kappa shape index (κ1) is 18.7. The second-order valence-electron chi connectivity index (χ2n) is 3.89. The largest absolute Gasteiger partial charge is 0.480 e. The van der Waals surface area contributed by atoms with Gasteiger partial charge in [-0.2, -0.15) is 10.5 Å². The van der Waals surface area contributed by atoms with Gasteiger partial charge in [0.25, 0.3) is 0 Å². The van der Waals surface area contributed by atoms with Crippen LogP contribution in [0.2, 0.25) is 0 Å². The third-order valence-corrected chi connectivity index (χ3v) is 3.44. The molecule has 1 unspecified atom stereocenters. The molecule has 0 aromatic carbocycles. The van der Waals surface area contributed by atoms with E-state index in [1.165, 1.54) is 4.90 Å². The molecule has 0 aromatic heterocycles. The van der Waals surface area contributed by atoms with Crippen LogP contribution in [0.25, 0.3) is 0 Å². The van der Waals surface area contributed by atoms with Gasteiger partial charge in [0.2, 0.25) is 12.3 Å². The van der Waals surface area contributed by atoms with Gasteiger partial charge in [-0.3, -0.25) is 9.59 Å². The summed E-state index contributed by atoms with van der Waals surface area (Å²) >= 11 is 1.07. The molecule has 0 bridgehead atoms. The fourth-order valence-corrected chi connectivity index (χ4v) is 2.31. The number of carboxylic acids is 1. The van der Waals surface area contributed by atoms with Gasteiger partial charge in [-0.05, 0) is 0 Å². The normalized spacial score (nSPS) is 10.8. The molecule has 9 heteroatoms. The third kappa shape index (κ3) is 8.50. The number of rotatable bonds is 11. The van der Waals surface area contributed by atoms with Crippen LogP contribution in [0, 0.1) is 22.7 Å². The van der Waals surface area contributed by atoms with Crippen molar-refractivity contribution in [1.29, 1.82) is 10.5 Å². The molecule has 0 saturated heterocycles. The Bertz CT molecular complexity index is 426. The fraction of sp³-hybridized carbons (Fsp3) is 0.583. The first-order chi connectivity index (χ1) is 10.1. The summed E-state index contributed by atoms with van der Waals surface area (Å²) < 4.78 is 0. The number of carbonyl (C=O) groups is 3. The second kappa shape index (κ2) is 11.6. The summed E-state index contributed by atoms with van der Waals surface area (Å²) in [5.74, 6) is -1.35. The lowest BCUT2D eigenvalue weighted by Gasteiger charge is -2.20. The maximum Gasteiger partial charge on any atom is 0.327 e. The maximum absolute atomic E-state index is 11.9. The molecule has 2 amide bonds. The molecule has 0 spiro atoms. The Balaban J connectivity index is 4.28. The predicted octanol–water partition coefficient (Wildman–Crippen LogP) is -0.425. The summed E-state index contributed by atoms with van der Waals surface area (Å²) in [6, 6.07) is 2.80. The van der Waals surface area contributed by atoms with Crippen molar-refractivity contribution in [1.82, 2.24) is 10.2 Å². The van der Waals surface area contributed by atoms with Crippen LogP contribution in [-0.4, -0.2) is 58.9 Å². The van der Waals surface area contributed by atoms with Gasteiger partial charge < -0.3 is 15.3 Å². The smallest absolute Gasteiger partial charge is 0.327 e. The Morgan fingerprint density at radius 2 is 1.86 bits per heavy atom. The van der Waals surface area contributed by atoms with Crippen molar-refractivity contribution < 1.29 is 19.5 Å². The molecule has 0 rings (SSSR count). The highest BCUT2D eigenvalue weighted by Gasteiger charge is 2.18. The van der Waals surface area contributed by atoms with Crippen LogP contribution >= 0.6 is 11.8 Å². The van der Waals surface area contributed by atoms with Gasteiger partial charge in [0.05, 0.1) is 30.7 Å². The number of nitrogens with zero attached hydrogens (tertiary/aromatic N) is 3. The summed E-state index contributed by atoms with van der Waals surface area (Å²) in [7, 11) is 0. The van der Waals surface area contributed by atoms with E-state index in [4.69, 9.17) is 15.6 Å². The molecule has 0 aliphatic carbocycles. The lowest BCUT2D eigenvalue weighted by Crippen LogP contribution is -2.39. The van der Waals surface area contributed by atoms with Gasteiger partial charge in [0, 0.05) is 18.8 Å². The monoisotopic (exact) mass is 312 g/mol. The van der Waals surface area contributed by atoms with Gasteiger partial charge in [0.15, 0.2) is 0 Å². The number of aliphatic carboxylic acids is 1. The van der Waals surface area contributed by atoms with Crippen LogP contribution in [0.15, 0.2) is 0 Å². The quantitative estimate of drug-likeness (QED) is 0.494. The minimum Gasteiger partial charge on any atom is -0.480 e.